The summed E-state index contributed by atoms with van der Waals surface area (Å²) in [4.78, 5) is 25.1. The number of rotatable bonds is 5. The van der Waals surface area contributed by atoms with E-state index in [1.165, 1.54) is 6.42 Å². The molecule has 0 aromatic heterocycles. The molecule has 0 aromatic rings. The predicted molar refractivity (Wildman–Crippen MR) is 84.7 cm³/mol. The molecule has 3 unspecified atom stereocenters. The number of urea groups is 1. The van der Waals surface area contributed by atoms with Gasteiger partial charge in [0, 0.05) is 30.3 Å². The minimum Gasteiger partial charge on any atom is -0.481 e. The molecule has 0 radical (unpaired) electrons. The van der Waals surface area contributed by atoms with E-state index in [1.54, 1.807) is 0 Å². The van der Waals surface area contributed by atoms with Crippen LogP contribution in [-0.2, 0) is 4.79 Å². The fourth-order valence-corrected chi connectivity index (χ4v) is 4.20. The Morgan fingerprint density at radius 3 is 2.76 bits per heavy atom. The number of likely N-dealkylation sites (tertiary alicyclic amines) is 1. The zero-order valence-corrected chi connectivity index (χ0v) is 13.5. The second-order valence-electron chi connectivity index (χ2n) is 6.09. The van der Waals surface area contributed by atoms with Gasteiger partial charge in [-0.25, -0.2) is 4.79 Å². The molecule has 0 aromatic carbocycles. The normalized spacial score (nSPS) is 29.4. The van der Waals surface area contributed by atoms with Gasteiger partial charge in [-0.1, -0.05) is 0 Å². The van der Waals surface area contributed by atoms with Gasteiger partial charge in [0.15, 0.2) is 0 Å². The van der Waals surface area contributed by atoms with Gasteiger partial charge in [0.25, 0.3) is 0 Å². The van der Waals surface area contributed by atoms with Gasteiger partial charge in [0.1, 0.15) is 0 Å². The first-order valence-electron chi connectivity index (χ1n) is 7.92. The molecule has 21 heavy (non-hydrogen) atoms. The van der Waals surface area contributed by atoms with E-state index in [9.17, 15) is 9.59 Å². The second-order valence-corrected chi connectivity index (χ2v) is 7.23. The standard InChI is InChI=1S/C15H26N2O3S/c1-21-13-7-5-11(10-13)16-15(20)17-9-3-2-4-12(17)6-8-14(18)19/h11-13H,2-10H2,1H3,(H,16,20)(H,18,19). The fraction of sp³-hybridized carbons (Fsp3) is 0.867. The summed E-state index contributed by atoms with van der Waals surface area (Å²) in [5, 5.41) is 12.7. The number of hydrogen-bond acceptors (Lipinski definition) is 3. The number of aliphatic carboxylic acids is 1. The smallest absolute Gasteiger partial charge is 0.317 e. The van der Waals surface area contributed by atoms with E-state index in [-0.39, 0.29) is 24.5 Å². The Bertz CT molecular complexity index is 378. The maximum Gasteiger partial charge on any atom is 0.317 e. The largest absolute Gasteiger partial charge is 0.481 e. The molecule has 1 saturated heterocycles. The number of carbonyl (C=O) groups excluding carboxylic acids is 1. The van der Waals surface area contributed by atoms with Crippen molar-refractivity contribution in [2.24, 2.45) is 0 Å². The maximum absolute atomic E-state index is 12.5. The molecule has 2 fully saturated rings. The number of thioether (sulfide) groups is 1. The van der Waals surface area contributed by atoms with Crippen molar-refractivity contribution in [3.8, 4) is 0 Å². The molecule has 2 rings (SSSR count). The molecular formula is C15H26N2O3S. The van der Waals surface area contributed by atoms with Crippen LogP contribution in [0.1, 0.15) is 51.4 Å². The van der Waals surface area contributed by atoms with E-state index in [0.29, 0.717) is 11.7 Å². The van der Waals surface area contributed by atoms with Crippen LogP contribution in [0, 0.1) is 0 Å². The molecule has 1 heterocycles. The first-order valence-corrected chi connectivity index (χ1v) is 9.20. The summed E-state index contributed by atoms with van der Waals surface area (Å²) in [5.74, 6) is -0.778. The Hall–Kier alpha value is -0.910. The minimum absolute atomic E-state index is 0.0110. The van der Waals surface area contributed by atoms with E-state index >= 15 is 0 Å². The summed E-state index contributed by atoms with van der Waals surface area (Å²) in [7, 11) is 0. The van der Waals surface area contributed by atoms with Gasteiger partial charge in [-0.15, -0.1) is 0 Å². The van der Waals surface area contributed by atoms with E-state index in [1.807, 2.05) is 16.7 Å². The monoisotopic (exact) mass is 314 g/mol. The topological polar surface area (TPSA) is 69.6 Å². The van der Waals surface area contributed by atoms with Gasteiger partial charge >= 0.3 is 12.0 Å². The molecule has 1 aliphatic heterocycles. The summed E-state index contributed by atoms with van der Waals surface area (Å²) in [5.41, 5.74) is 0. The quantitative estimate of drug-likeness (QED) is 0.818. The van der Waals surface area contributed by atoms with Crippen LogP contribution < -0.4 is 5.32 Å². The van der Waals surface area contributed by atoms with Crippen LogP contribution in [0.2, 0.25) is 0 Å². The zero-order valence-electron chi connectivity index (χ0n) is 12.7. The van der Waals surface area contributed by atoms with Crippen LogP contribution >= 0.6 is 11.8 Å². The van der Waals surface area contributed by atoms with Crippen LogP contribution in [0.25, 0.3) is 0 Å². The molecule has 6 heteroatoms. The molecule has 0 spiro atoms. The first kappa shape index (κ1) is 16.5. The van der Waals surface area contributed by atoms with Crippen LogP contribution in [-0.4, -0.2) is 52.1 Å². The molecule has 0 bridgehead atoms. The molecule has 120 valence electrons. The molecule has 1 aliphatic carbocycles. The molecule has 2 aliphatic rings. The number of nitrogens with zero attached hydrogens (tertiary/aromatic N) is 1. The number of carboxylic acids is 1. The Labute approximate surface area is 130 Å². The van der Waals surface area contributed by atoms with E-state index in [2.05, 4.69) is 11.6 Å². The number of amides is 2. The highest BCUT2D eigenvalue weighted by molar-refractivity contribution is 7.99. The lowest BCUT2D eigenvalue weighted by molar-refractivity contribution is -0.137. The molecule has 2 N–H and O–H groups in total. The van der Waals surface area contributed by atoms with E-state index in [4.69, 9.17) is 5.11 Å². The number of hydrogen-bond donors (Lipinski definition) is 2. The first-order chi connectivity index (χ1) is 10.1. The lowest BCUT2D eigenvalue weighted by Crippen LogP contribution is -2.51. The van der Waals surface area contributed by atoms with E-state index < -0.39 is 5.97 Å². The summed E-state index contributed by atoms with van der Waals surface area (Å²) < 4.78 is 0. The third-order valence-corrected chi connectivity index (χ3v) is 5.72. The van der Waals surface area contributed by atoms with Crippen molar-refractivity contribution in [1.29, 1.82) is 0 Å². The maximum atomic E-state index is 12.5. The van der Waals surface area contributed by atoms with Crippen molar-refractivity contribution in [1.82, 2.24) is 10.2 Å². The molecule has 2 amide bonds. The van der Waals surface area contributed by atoms with Gasteiger partial charge in [-0.05, 0) is 51.2 Å². The Kier molecular flexibility index (Phi) is 6.21. The van der Waals surface area contributed by atoms with Gasteiger partial charge in [0.05, 0.1) is 0 Å². The Morgan fingerprint density at radius 1 is 1.29 bits per heavy atom. The number of carbonyl (C=O) groups is 2. The van der Waals surface area contributed by atoms with E-state index in [0.717, 1.165) is 38.6 Å². The van der Waals surface area contributed by atoms with Crippen molar-refractivity contribution in [3.63, 3.8) is 0 Å². The number of carboxylic acid groups (broad SMARTS) is 1. The molecular weight excluding hydrogens is 288 g/mol. The highest BCUT2D eigenvalue weighted by atomic mass is 32.2. The Morgan fingerprint density at radius 2 is 2.10 bits per heavy atom. The average molecular weight is 314 g/mol. The highest BCUT2D eigenvalue weighted by Crippen LogP contribution is 2.29. The zero-order chi connectivity index (χ0) is 15.2. The predicted octanol–water partition coefficient (Wildman–Crippen LogP) is 2.70. The summed E-state index contributed by atoms with van der Waals surface area (Å²) in [6.45, 7) is 0.759. The van der Waals surface area contributed by atoms with Gasteiger partial charge in [-0.2, -0.15) is 11.8 Å². The van der Waals surface area contributed by atoms with Crippen molar-refractivity contribution in [3.05, 3.63) is 0 Å². The lowest BCUT2D eigenvalue weighted by atomic mass is 9.98. The fourth-order valence-electron chi connectivity index (χ4n) is 3.40. The Balaban J connectivity index is 1.84. The van der Waals surface area contributed by atoms with Gasteiger partial charge < -0.3 is 15.3 Å². The van der Waals surface area contributed by atoms with Gasteiger partial charge in [0.2, 0.25) is 0 Å². The SMILES string of the molecule is CSC1CCC(NC(=O)N2CCCCC2CCC(=O)O)C1. The van der Waals surface area contributed by atoms with Crippen molar-refractivity contribution < 1.29 is 14.7 Å². The molecule has 3 atom stereocenters. The summed E-state index contributed by atoms with van der Waals surface area (Å²) in [6, 6.07) is 0.390. The minimum atomic E-state index is -0.778. The summed E-state index contributed by atoms with van der Waals surface area (Å²) in [6.07, 6.45) is 9.18. The molecule has 5 nitrogen and oxygen atoms in total. The van der Waals surface area contributed by atoms with Crippen LogP contribution in [0.3, 0.4) is 0 Å². The average Bonchev–Trinajstić information content (AvgIpc) is 2.93. The molecule has 1 saturated carbocycles. The van der Waals surface area contributed by atoms with Gasteiger partial charge in [-0.3, -0.25) is 4.79 Å². The van der Waals surface area contributed by atoms with Crippen LogP contribution in [0.5, 0.6) is 0 Å². The van der Waals surface area contributed by atoms with Crippen molar-refractivity contribution >= 4 is 23.8 Å². The van der Waals surface area contributed by atoms with Crippen LogP contribution in [0.15, 0.2) is 0 Å². The van der Waals surface area contributed by atoms with Crippen molar-refractivity contribution in [2.45, 2.75) is 68.7 Å². The number of piperidine rings is 1. The summed E-state index contributed by atoms with van der Waals surface area (Å²) >= 11 is 1.88. The highest BCUT2D eigenvalue weighted by Gasteiger charge is 2.30. The number of nitrogens with one attached hydrogen (secondary N) is 1. The third kappa shape index (κ3) is 4.80. The lowest BCUT2D eigenvalue weighted by Gasteiger charge is -2.36. The second kappa shape index (κ2) is 7.92. The van der Waals surface area contributed by atoms with Crippen LogP contribution in [0.4, 0.5) is 4.79 Å². The van der Waals surface area contributed by atoms with Crippen molar-refractivity contribution in [2.75, 3.05) is 12.8 Å². The third-order valence-electron chi connectivity index (χ3n) is 4.62.